The fraction of sp³-hybridized carbons (Fsp3) is 0.278. The van der Waals surface area contributed by atoms with Crippen molar-refractivity contribution in [1.29, 1.82) is 0 Å². The van der Waals surface area contributed by atoms with Crippen molar-refractivity contribution in [3.05, 3.63) is 59.4 Å². The first-order valence-corrected chi connectivity index (χ1v) is 6.83. The van der Waals surface area contributed by atoms with E-state index in [9.17, 15) is 9.18 Å². The quantitative estimate of drug-likeness (QED) is 0.715. The highest BCUT2D eigenvalue weighted by Gasteiger charge is 2.17. The van der Waals surface area contributed by atoms with Crippen LogP contribution in [0.5, 0.6) is 0 Å². The van der Waals surface area contributed by atoms with Crippen molar-refractivity contribution in [1.82, 2.24) is 0 Å². The molecular weight excluding hydrogens is 251 g/mol. The molecule has 0 aliphatic heterocycles. The van der Waals surface area contributed by atoms with E-state index in [4.69, 9.17) is 0 Å². The molecule has 2 heteroatoms. The molecule has 0 fully saturated rings. The molecule has 0 radical (unpaired) electrons. The third-order valence-corrected chi connectivity index (χ3v) is 3.99. The lowest BCUT2D eigenvalue weighted by Gasteiger charge is -2.23. The summed E-state index contributed by atoms with van der Waals surface area (Å²) < 4.78 is 13.9. The fourth-order valence-corrected chi connectivity index (χ4v) is 2.14. The number of carbonyl (C=O) groups is 1. The molecule has 0 atom stereocenters. The van der Waals surface area contributed by atoms with E-state index in [1.165, 1.54) is 17.7 Å². The maximum absolute atomic E-state index is 13.9. The lowest BCUT2D eigenvalue weighted by Crippen LogP contribution is -2.14. The van der Waals surface area contributed by atoms with E-state index in [2.05, 4.69) is 20.8 Å². The van der Waals surface area contributed by atoms with E-state index in [-0.39, 0.29) is 11.2 Å². The van der Waals surface area contributed by atoms with Crippen LogP contribution in [0.1, 0.15) is 43.1 Å². The second-order valence-corrected chi connectivity index (χ2v) is 5.67. The summed E-state index contributed by atoms with van der Waals surface area (Å²) in [6, 6.07) is 12.3. The zero-order valence-corrected chi connectivity index (χ0v) is 12.1. The number of carbonyl (C=O) groups excluding carboxylic acids is 1. The summed E-state index contributed by atoms with van der Waals surface area (Å²) in [7, 11) is 0. The molecule has 2 aromatic carbocycles. The van der Waals surface area contributed by atoms with Gasteiger partial charge >= 0.3 is 0 Å². The minimum atomic E-state index is -0.307. The third kappa shape index (κ3) is 2.79. The zero-order chi connectivity index (χ0) is 14.8. The predicted octanol–water partition coefficient (Wildman–Crippen LogP) is 4.99. The summed E-state index contributed by atoms with van der Waals surface area (Å²) in [5, 5.41) is 0. The topological polar surface area (TPSA) is 17.1 Å². The van der Waals surface area contributed by atoms with E-state index in [1.807, 2.05) is 24.3 Å². The van der Waals surface area contributed by atoms with Crippen LogP contribution >= 0.6 is 0 Å². The number of rotatable bonds is 4. The maximum atomic E-state index is 13.9. The van der Waals surface area contributed by atoms with Gasteiger partial charge < -0.3 is 0 Å². The summed E-state index contributed by atoms with van der Waals surface area (Å²) in [4.78, 5) is 10.8. The molecular formula is C18H19FO. The van der Waals surface area contributed by atoms with Crippen LogP contribution in [-0.2, 0) is 5.41 Å². The smallest absolute Gasteiger partial charge is 0.150 e. The van der Waals surface area contributed by atoms with Crippen molar-refractivity contribution in [3.8, 4) is 11.1 Å². The second-order valence-electron chi connectivity index (χ2n) is 5.67. The molecule has 0 bridgehead atoms. The highest BCUT2D eigenvalue weighted by Crippen LogP contribution is 2.30. The highest BCUT2D eigenvalue weighted by molar-refractivity contribution is 5.79. The van der Waals surface area contributed by atoms with E-state index >= 15 is 0 Å². The minimum absolute atomic E-state index is 0.113. The van der Waals surface area contributed by atoms with Crippen molar-refractivity contribution in [2.45, 2.75) is 32.6 Å². The molecule has 0 spiro atoms. The van der Waals surface area contributed by atoms with E-state index in [0.717, 1.165) is 18.3 Å². The summed E-state index contributed by atoms with van der Waals surface area (Å²) in [5.41, 5.74) is 3.09. The summed E-state index contributed by atoms with van der Waals surface area (Å²) in [6.45, 7) is 6.53. The molecule has 2 rings (SSSR count). The van der Waals surface area contributed by atoms with Crippen LogP contribution < -0.4 is 0 Å². The molecule has 0 saturated carbocycles. The van der Waals surface area contributed by atoms with Gasteiger partial charge in [-0.1, -0.05) is 45.0 Å². The molecule has 20 heavy (non-hydrogen) atoms. The summed E-state index contributed by atoms with van der Waals surface area (Å²) in [6.07, 6.45) is 1.78. The average Bonchev–Trinajstić information content (AvgIpc) is 2.48. The normalized spacial score (nSPS) is 11.4. The first kappa shape index (κ1) is 14.4. The summed E-state index contributed by atoms with van der Waals surface area (Å²) >= 11 is 0. The number of hydrogen-bond acceptors (Lipinski definition) is 1. The molecule has 0 aliphatic carbocycles. The van der Waals surface area contributed by atoms with Crippen molar-refractivity contribution in [3.63, 3.8) is 0 Å². The fourth-order valence-electron chi connectivity index (χ4n) is 2.14. The van der Waals surface area contributed by atoms with Crippen LogP contribution in [-0.4, -0.2) is 6.29 Å². The Balaban J connectivity index is 2.42. The molecule has 0 heterocycles. The number of halogens is 1. The second kappa shape index (κ2) is 5.58. The zero-order valence-electron chi connectivity index (χ0n) is 12.1. The van der Waals surface area contributed by atoms with Gasteiger partial charge in [-0.2, -0.15) is 0 Å². The molecule has 1 nitrogen and oxygen atoms in total. The standard InChI is InChI=1S/C18H19FO/c1-4-18(2,3)15-8-6-14(7-9-15)16-11-13(12-20)5-10-17(16)19/h5-12H,4H2,1-3H3. The van der Waals surface area contributed by atoms with Gasteiger partial charge in [-0.3, -0.25) is 4.79 Å². The monoisotopic (exact) mass is 270 g/mol. The molecule has 2 aromatic rings. The lowest BCUT2D eigenvalue weighted by molar-refractivity contribution is 0.112. The van der Waals surface area contributed by atoms with Crippen molar-refractivity contribution >= 4 is 6.29 Å². The molecule has 0 amide bonds. The van der Waals surface area contributed by atoms with Gasteiger partial charge in [-0.25, -0.2) is 4.39 Å². The Morgan fingerprint density at radius 1 is 1.10 bits per heavy atom. The Bertz CT molecular complexity index is 612. The minimum Gasteiger partial charge on any atom is -0.298 e. The lowest BCUT2D eigenvalue weighted by atomic mass is 9.82. The van der Waals surface area contributed by atoms with Crippen LogP contribution in [0.3, 0.4) is 0 Å². The van der Waals surface area contributed by atoms with Gasteiger partial charge in [0.25, 0.3) is 0 Å². The van der Waals surface area contributed by atoms with E-state index in [1.54, 1.807) is 6.07 Å². The van der Waals surface area contributed by atoms with Gasteiger partial charge in [0.15, 0.2) is 0 Å². The van der Waals surface area contributed by atoms with Crippen molar-refractivity contribution in [2.75, 3.05) is 0 Å². The first-order valence-electron chi connectivity index (χ1n) is 6.83. The van der Waals surface area contributed by atoms with Gasteiger partial charge in [-0.15, -0.1) is 0 Å². The first-order chi connectivity index (χ1) is 9.47. The molecule has 0 saturated heterocycles. The van der Waals surface area contributed by atoms with Crippen LogP contribution in [0.15, 0.2) is 42.5 Å². The van der Waals surface area contributed by atoms with Gasteiger partial charge in [0.2, 0.25) is 0 Å². The molecule has 104 valence electrons. The van der Waals surface area contributed by atoms with Crippen LogP contribution in [0.4, 0.5) is 4.39 Å². The number of aldehydes is 1. The van der Waals surface area contributed by atoms with Gasteiger partial charge in [0, 0.05) is 11.1 Å². The Morgan fingerprint density at radius 2 is 1.75 bits per heavy atom. The molecule has 0 aromatic heterocycles. The van der Waals surface area contributed by atoms with Crippen LogP contribution in [0, 0.1) is 5.82 Å². The Kier molecular flexibility index (Phi) is 4.03. The van der Waals surface area contributed by atoms with Crippen molar-refractivity contribution in [2.24, 2.45) is 0 Å². The number of benzene rings is 2. The molecule has 0 aliphatic rings. The SMILES string of the molecule is CCC(C)(C)c1ccc(-c2cc(C=O)ccc2F)cc1. The van der Waals surface area contributed by atoms with Gasteiger partial charge in [0.1, 0.15) is 12.1 Å². The van der Waals surface area contributed by atoms with E-state index in [0.29, 0.717) is 11.1 Å². The summed E-state index contributed by atoms with van der Waals surface area (Å²) in [5.74, 6) is -0.307. The molecule has 0 N–H and O–H groups in total. The Labute approximate surface area is 119 Å². The predicted molar refractivity (Wildman–Crippen MR) is 80.5 cm³/mol. The molecule has 0 unspecified atom stereocenters. The highest BCUT2D eigenvalue weighted by atomic mass is 19.1. The number of hydrogen-bond donors (Lipinski definition) is 0. The Morgan fingerprint density at radius 3 is 2.30 bits per heavy atom. The Hall–Kier alpha value is -1.96. The van der Waals surface area contributed by atoms with Crippen LogP contribution in [0.25, 0.3) is 11.1 Å². The largest absolute Gasteiger partial charge is 0.298 e. The average molecular weight is 270 g/mol. The van der Waals surface area contributed by atoms with Gasteiger partial charge in [-0.05, 0) is 41.2 Å². The van der Waals surface area contributed by atoms with Gasteiger partial charge in [0.05, 0.1) is 0 Å². The third-order valence-electron chi connectivity index (χ3n) is 3.99. The van der Waals surface area contributed by atoms with E-state index < -0.39 is 0 Å². The van der Waals surface area contributed by atoms with Crippen LogP contribution in [0.2, 0.25) is 0 Å². The maximum Gasteiger partial charge on any atom is 0.150 e. The van der Waals surface area contributed by atoms with Crippen molar-refractivity contribution < 1.29 is 9.18 Å².